The average Bonchev–Trinajstić information content (AvgIpc) is 2.79. The number of anilines is 1. The molecule has 1 amide bonds. The minimum absolute atomic E-state index is 0.0290. The van der Waals surface area contributed by atoms with Crippen molar-refractivity contribution in [3.63, 3.8) is 0 Å². The number of ether oxygens (including phenoxy) is 1. The maximum absolute atomic E-state index is 12.9. The number of rotatable bonds is 13. The first-order chi connectivity index (χ1) is 16.1. The van der Waals surface area contributed by atoms with Crippen LogP contribution in [-0.2, 0) is 6.42 Å². The quantitative estimate of drug-likeness (QED) is 0.203. The molecule has 0 radical (unpaired) electrons. The maximum Gasteiger partial charge on any atom is 0.251 e. The minimum atomic E-state index is -0.0290. The summed E-state index contributed by atoms with van der Waals surface area (Å²) in [6.45, 7) is 13.3. The van der Waals surface area contributed by atoms with Gasteiger partial charge in [-0.2, -0.15) is 0 Å². The summed E-state index contributed by atoms with van der Waals surface area (Å²) in [5.41, 5.74) is 8.52. The molecule has 0 aromatic heterocycles. The number of halogens is 1. The molecule has 1 unspecified atom stereocenters. The van der Waals surface area contributed by atoms with Gasteiger partial charge in [-0.3, -0.25) is 4.79 Å². The van der Waals surface area contributed by atoms with E-state index in [2.05, 4.69) is 39.9 Å². The van der Waals surface area contributed by atoms with Gasteiger partial charge in [0.1, 0.15) is 5.75 Å². The summed E-state index contributed by atoms with van der Waals surface area (Å²) in [6, 6.07) is 14.1. The molecule has 0 bridgehead atoms. The average molecular weight is 489 g/mol. The van der Waals surface area contributed by atoms with Crippen molar-refractivity contribution in [1.82, 2.24) is 5.32 Å². The molecule has 2 aromatic rings. The van der Waals surface area contributed by atoms with Gasteiger partial charge in [0.05, 0.1) is 38.3 Å². The van der Waals surface area contributed by atoms with Crippen LogP contribution >= 0.6 is 11.6 Å². The van der Waals surface area contributed by atoms with Crippen molar-refractivity contribution in [1.29, 1.82) is 0 Å². The molecule has 0 aliphatic rings. The first-order valence-electron chi connectivity index (χ1n) is 12.5. The van der Waals surface area contributed by atoms with E-state index in [1.54, 1.807) is 13.2 Å². The number of nitrogen functional groups attached to an aromatic ring is 1. The van der Waals surface area contributed by atoms with E-state index < -0.39 is 0 Å². The molecule has 2 aromatic carbocycles. The van der Waals surface area contributed by atoms with E-state index in [9.17, 15) is 4.79 Å². The van der Waals surface area contributed by atoms with Gasteiger partial charge in [0.2, 0.25) is 0 Å². The number of quaternary nitrogens is 1. The molecular formula is C28H43ClN3O2+. The fourth-order valence-corrected chi connectivity index (χ4v) is 5.15. The summed E-state index contributed by atoms with van der Waals surface area (Å²) in [5, 5.41) is 3.99. The zero-order valence-electron chi connectivity index (χ0n) is 21.7. The predicted molar refractivity (Wildman–Crippen MR) is 144 cm³/mol. The SMILES string of the molecule is CCC(C[N+](CCCCc1cc(N)cc(Cl)c1)(C(C)C)C(C)C)NC(=O)c1ccc(OC)cc1. The summed E-state index contributed by atoms with van der Waals surface area (Å²) in [5.74, 6) is 0.720. The molecule has 1 atom stereocenters. The van der Waals surface area contributed by atoms with E-state index in [0.29, 0.717) is 22.7 Å². The highest BCUT2D eigenvalue weighted by molar-refractivity contribution is 6.30. The van der Waals surface area contributed by atoms with Gasteiger partial charge in [0.15, 0.2) is 0 Å². The summed E-state index contributed by atoms with van der Waals surface area (Å²) < 4.78 is 6.18. The van der Waals surface area contributed by atoms with Crippen molar-refractivity contribution >= 4 is 23.2 Å². The van der Waals surface area contributed by atoms with E-state index in [1.165, 1.54) is 5.56 Å². The number of carbonyl (C=O) groups excluding carboxylic acids is 1. The second kappa shape index (κ2) is 13.0. The predicted octanol–water partition coefficient (Wildman–Crippen LogP) is 6.10. The number of carbonyl (C=O) groups is 1. The molecule has 3 N–H and O–H groups in total. The molecule has 0 aliphatic carbocycles. The number of benzene rings is 2. The van der Waals surface area contributed by atoms with Gasteiger partial charge in [0.25, 0.3) is 5.91 Å². The van der Waals surface area contributed by atoms with Crippen LogP contribution in [0.25, 0.3) is 0 Å². The van der Waals surface area contributed by atoms with E-state index in [-0.39, 0.29) is 11.9 Å². The van der Waals surface area contributed by atoms with Crippen LogP contribution in [-0.4, -0.2) is 48.7 Å². The smallest absolute Gasteiger partial charge is 0.251 e. The number of aryl methyl sites for hydroxylation is 1. The number of hydrogen-bond donors (Lipinski definition) is 2. The second-order valence-corrected chi connectivity index (χ2v) is 10.3. The maximum atomic E-state index is 12.9. The molecule has 0 aliphatic heterocycles. The highest BCUT2D eigenvalue weighted by atomic mass is 35.5. The number of nitrogens with zero attached hydrogens (tertiary/aromatic N) is 1. The Balaban J connectivity index is 2.06. The number of hydrogen-bond acceptors (Lipinski definition) is 3. The topological polar surface area (TPSA) is 64.3 Å². The molecule has 0 heterocycles. The summed E-state index contributed by atoms with van der Waals surface area (Å²) in [7, 11) is 1.63. The van der Waals surface area contributed by atoms with Crippen molar-refractivity contribution in [3.8, 4) is 5.75 Å². The Labute approximate surface area is 211 Å². The lowest BCUT2D eigenvalue weighted by Gasteiger charge is -2.48. The Kier molecular flexibility index (Phi) is 10.7. The lowest BCUT2D eigenvalue weighted by Crippen LogP contribution is -2.63. The summed E-state index contributed by atoms with van der Waals surface area (Å²) in [4.78, 5) is 12.9. The lowest BCUT2D eigenvalue weighted by atomic mass is 10.0. The molecule has 6 heteroatoms. The van der Waals surface area contributed by atoms with E-state index >= 15 is 0 Å². The fraction of sp³-hybridized carbons (Fsp3) is 0.536. The van der Waals surface area contributed by atoms with Gasteiger partial charge in [-0.1, -0.05) is 18.5 Å². The van der Waals surface area contributed by atoms with Crippen LogP contribution in [0.5, 0.6) is 5.75 Å². The number of nitrogens with one attached hydrogen (secondary N) is 1. The molecule has 0 saturated carbocycles. The first kappa shape index (κ1) is 28.0. The first-order valence-corrected chi connectivity index (χ1v) is 12.8. The third-order valence-corrected chi connectivity index (χ3v) is 7.29. The molecule has 5 nitrogen and oxygen atoms in total. The summed E-state index contributed by atoms with van der Waals surface area (Å²) in [6.07, 6.45) is 4.04. The van der Waals surface area contributed by atoms with E-state index in [4.69, 9.17) is 22.1 Å². The van der Waals surface area contributed by atoms with Crippen LogP contribution in [0.15, 0.2) is 42.5 Å². The van der Waals surface area contributed by atoms with Crippen molar-refractivity contribution in [3.05, 3.63) is 58.6 Å². The van der Waals surface area contributed by atoms with Gasteiger partial charge in [-0.15, -0.1) is 0 Å². The van der Waals surface area contributed by atoms with Crippen LogP contribution in [0.1, 0.15) is 69.8 Å². The van der Waals surface area contributed by atoms with Crippen molar-refractivity contribution in [2.75, 3.05) is 25.9 Å². The molecular weight excluding hydrogens is 446 g/mol. The van der Waals surface area contributed by atoms with Gasteiger partial charge in [-0.25, -0.2) is 0 Å². The highest BCUT2D eigenvalue weighted by Crippen LogP contribution is 2.24. The fourth-order valence-electron chi connectivity index (χ4n) is 4.88. The monoisotopic (exact) mass is 488 g/mol. The van der Waals surface area contributed by atoms with Gasteiger partial charge in [-0.05, 0) is 101 Å². The molecule has 2 rings (SSSR count). The molecule has 0 saturated heterocycles. The second-order valence-electron chi connectivity index (χ2n) is 9.85. The Hall–Kier alpha value is -2.24. The van der Waals surface area contributed by atoms with Crippen LogP contribution in [0.3, 0.4) is 0 Å². The molecule has 0 fully saturated rings. The van der Waals surface area contributed by atoms with Gasteiger partial charge in [0, 0.05) is 16.3 Å². The lowest BCUT2D eigenvalue weighted by molar-refractivity contribution is -0.967. The Morgan fingerprint density at radius 1 is 1.06 bits per heavy atom. The van der Waals surface area contributed by atoms with Gasteiger partial charge < -0.3 is 20.3 Å². The Morgan fingerprint density at radius 3 is 2.24 bits per heavy atom. The van der Waals surface area contributed by atoms with Gasteiger partial charge >= 0.3 is 0 Å². The Morgan fingerprint density at radius 2 is 1.71 bits per heavy atom. The third kappa shape index (κ3) is 7.64. The van der Waals surface area contributed by atoms with E-state index in [1.807, 2.05) is 36.4 Å². The number of methoxy groups -OCH3 is 1. The Bertz CT molecular complexity index is 884. The number of nitrogens with two attached hydrogens (primary N) is 1. The molecule has 0 spiro atoms. The largest absolute Gasteiger partial charge is 0.497 e. The zero-order chi connectivity index (χ0) is 25.3. The van der Waals surface area contributed by atoms with Crippen molar-refractivity contribution in [2.24, 2.45) is 0 Å². The normalized spacial score (nSPS) is 12.7. The highest BCUT2D eigenvalue weighted by Gasteiger charge is 2.37. The summed E-state index contributed by atoms with van der Waals surface area (Å²) >= 11 is 6.17. The van der Waals surface area contributed by atoms with Crippen LogP contribution < -0.4 is 15.8 Å². The molecule has 188 valence electrons. The number of unbranched alkanes of at least 4 members (excludes halogenated alkanes) is 1. The minimum Gasteiger partial charge on any atom is -0.497 e. The van der Waals surface area contributed by atoms with Crippen LogP contribution in [0.2, 0.25) is 5.02 Å². The van der Waals surface area contributed by atoms with Crippen LogP contribution in [0.4, 0.5) is 5.69 Å². The van der Waals surface area contributed by atoms with E-state index in [0.717, 1.165) is 54.7 Å². The van der Waals surface area contributed by atoms with Crippen molar-refractivity contribution in [2.45, 2.75) is 78.4 Å². The standard InChI is InChI=1S/C28H42ClN3O2/c1-7-26(31-28(33)23-11-13-27(34-6)14-12-23)19-32(20(2)3,21(4)5)15-9-8-10-22-16-24(29)18-25(30)17-22/h11-14,16-18,20-21,26H,7-10,15,19,30H2,1-6H3/p+1. The van der Waals surface area contributed by atoms with Crippen LogP contribution in [0, 0.1) is 0 Å². The number of amides is 1. The molecule has 34 heavy (non-hydrogen) atoms. The zero-order valence-corrected chi connectivity index (χ0v) is 22.5. The third-order valence-electron chi connectivity index (χ3n) is 7.07. The van der Waals surface area contributed by atoms with Crippen molar-refractivity contribution < 1.29 is 14.0 Å².